The third-order valence-corrected chi connectivity index (χ3v) is 4.22. The summed E-state index contributed by atoms with van der Waals surface area (Å²) in [4.78, 5) is 17.3. The van der Waals surface area contributed by atoms with E-state index in [9.17, 15) is 4.79 Å². The number of anilines is 1. The van der Waals surface area contributed by atoms with Crippen LogP contribution in [-0.4, -0.2) is 52.7 Å². The highest BCUT2D eigenvalue weighted by atomic mass is 16.1. The molecule has 1 aromatic heterocycles. The number of nitrogen functional groups attached to an aromatic ring is 1. The second-order valence-corrected chi connectivity index (χ2v) is 6.40. The number of nitrogens with one attached hydrogen (secondary N) is 1. The summed E-state index contributed by atoms with van der Waals surface area (Å²) in [6.07, 6.45) is 7.16. The van der Waals surface area contributed by atoms with Gasteiger partial charge in [0.15, 0.2) is 0 Å². The number of nitrogens with two attached hydrogens (primary N) is 1. The van der Waals surface area contributed by atoms with Crippen molar-refractivity contribution in [2.75, 3.05) is 31.9 Å². The number of carbonyl (C=O) groups excluding carboxylic acids is 1. The molecule has 2 heterocycles. The lowest BCUT2D eigenvalue weighted by molar-refractivity contribution is -0.118. The van der Waals surface area contributed by atoms with Gasteiger partial charge in [-0.05, 0) is 12.8 Å². The average molecular weight is 362 g/mol. The Kier molecular flexibility index (Phi) is 8.04. The van der Waals surface area contributed by atoms with Gasteiger partial charge in [-0.1, -0.05) is 26.2 Å². The Bertz CT molecular complexity index is 637. The van der Waals surface area contributed by atoms with Crippen LogP contribution in [0.3, 0.4) is 0 Å². The van der Waals surface area contributed by atoms with Crippen LogP contribution in [0.4, 0.5) is 11.5 Å². The van der Waals surface area contributed by atoms with Crippen LogP contribution in [0.5, 0.6) is 0 Å². The number of rotatable bonds is 10. The normalized spacial score (nSPS) is 14.2. The fourth-order valence-electron chi connectivity index (χ4n) is 2.74. The van der Waals surface area contributed by atoms with E-state index in [2.05, 4.69) is 37.5 Å². The topological polar surface area (TPSA) is 113 Å². The lowest BCUT2D eigenvalue weighted by Crippen LogP contribution is -2.30. The molecule has 0 radical (unpaired) electrons. The van der Waals surface area contributed by atoms with E-state index in [4.69, 9.17) is 5.73 Å². The van der Waals surface area contributed by atoms with E-state index in [1.807, 2.05) is 0 Å². The van der Waals surface area contributed by atoms with Crippen molar-refractivity contribution in [1.29, 1.82) is 0 Å². The molecule has 9 nitrogen and oxygen atoms in total. The molecule has 0 saturated carbocycles. The van der Waals surface area contributed by atoms with Gasteiger partial charge < -0.3 is 16.0 Å². The zero-order chi connectivity index (χ0) is 18.8. The second kappa shape index (κ2) is 10.5. The van der Waals surface area contributed by atoms with Gasteiger partial charge in [-0.3, -0.25) is 4.79 Å². The number of aliphatic imine (C=N–C) groups is 1. The Morgan fingerprint density at radius 2 is 2.12 bits per heavy atom. The fourth-order valence-corrected chi connectivity index (χ4v) is 2.74. The number of guanidine groups is 1. The van der Waals surface area contributed by atoms with Crippen LogP contribution < -0.4 is 11.1 Å². The van der Waals surface area contributed by atoms with Crippen LogP contribution in [0.1, 0.15) is 46.0 Å². The van der Waals surface area contributed by atoms with E-state index in [0.29, 0.717) is 30.6 Å². The number of carbonyl (C=O) groups is 1. The lowest BCUT2D eigenvalue weighted by atomic mass is 10.2. The maximum Gasteiger partial charge on any atom is 0.240 e. The third kappa shape index (κ3) is 6.12. The van der Waals surface area contributed by atoms with Gasteiger partial charge in [0, 0.05) is 33.1 Å². The van der Waals surface area contributed by atoms with Crippen molar-refractivity contribution in [3.05, 3.63) is 6.20 Å². The predicted octanol–water partition coefficient (Wildman–Crippen LogP) is 2.33. The molecule has 0 spiro atoms. The largest absolute Gasteiger partial charge is 0.382 e. The third-order valence-electron chi connectivity index (χ3n) is 4.22. The standard InChI is InChI=1S/C17H30N8O/c1-3-4-5-6-11-25-16(18)15(13-21-25)22-23-17-20-9-12-24(17)10-7-8-19-14(2)26/h13H,3-12,18H2,1-2H3,(H,19,26)/b23-22+. The van der Waals surface area contributed by atoms with Gasteiger partial charge in [0.25, 0.3) is 0 Å². The molecule has 0 saturated heterocycles. The van der Waals surface area contributed by atoms with E-state index in [1.54, 1.807) is 10.9 Å². The van der Waals surface area contributed by atoms with E-state index in [1.165, 1.54) is 26.2 Å². The Balaban J connectivity index is 1.84. The molecular formula is C17H30N8O. The highest BCUT2D eigenvalue weighted by Gasteiger charge is 2.16. The summed E-state index contributed by atoms with van der Waals surface area (Å²) >= 11 is 0. The number of aromatic nitrogens is 2. The summed E-state index contributed by atoms with van der Waals surface area (Å²) in [6, 6.07) is 0. The fraction of sp³-hybridized carbons (Fsp3) is 0.706. The van der Waals surface area contributed by atoms with Crippen molar-refractivity contribution in [2.24, 2.45) is 15.2 Å². The average Bonchev–Trinajstić information content (AvgIpc) is 3.20. The monoisotopic (exact) mass is 362 g/mol. The van der Waals surface area contributed by atoms with E-state index in [-0.39, 0.29) is 5.91 Å². The van der Waals surface area contributed by atoms with Crippen LogP contribution >= 0.6 is 0 Å². The number of hydrogen-bond donors (Lipinski definition) is 2. The van der Waals surface area contributed by atoms with Crippen molar-refractivity contribution in [3.63, 3.8) is 0 Å². The van der Waals surface area contributed by atoms with Crippen molar-refractivity contribution in [3.8, 4) is 0 Å². The molecular weight excluding hydrogens is 332 g/mol. The molecule has 0 aromatic carbocycles. The van der Waals surface area contributed by atoms with Crippen LogP contribution in [-0.2, 0) is 11.3 Å². The number of nitrogens with zero attached hydrogens (tertiary/aromatic N) is 6. The smallest absolute Gasteiger partial charge is 0.240 e. The molecule has 0 fully saturated rings. The maximum atomic E-state index is 10.9. The first-order chi connectivity index (χ1) is 12.6. The first-order valence-electron chi connectivity index (χ1n) is 9.38. The van der Waals surface area contributed by atoms with Crippen LogP contribution in [0.2, 0.25) is 0 Å². The number of amides is 1. The van der Waals surface area contributed by atoms with Crippen molar-refractivity contribution in [2.45, 2.75) is 52.5 Å². The number of hydrogen-bond acceptors (Lipinski definition) is 7. The summed E-state index contributed by atoms with van der Waals surface area (Å²) in [6.45, 7) is 7.47. The van der Waals surface area contributed by atoms with Gasteiger partial charge in [-0.15, -0.1) is 10.2 Å². The molecule has 0 bridgehead atoms. The minimum atomic E-state index is -0.0119. The zero-order valence-corrected chi connectivity index (χ0v) is 15.8. The summed E-state index contributed by atoms with van der Waals surface area (Å²) < 4.78 is 1.78. The summed E-state index contributed by atoms with van der Waals surface area (Å²) in [7, 11) is 0. The van der Waals surface area contributed by atoms with Crippen molar-refractivity contribution >= 4 is 23.4 Å². The molecule has 3 N–H and O–H groups in total. The molecule has 2 rings (SSSR count). The Morgan fingerprint density at radius 3 is 2.88 bits per heavy atom. The molecule has 1 aliphatic heterocycles. The van der Waals surface area contributed by atoms with Crippen LogP contribution in [0.25, 0.3) is 0 Å². The molecule has 0 aliphatic carbocycles. The SMILES string of the molecule is CCCCCCn1ncc(/N=N/C2=NCCN2CCCNC(C)=O)c1N. The van der Waals surface area contributed by atoms with Gasteiger partial charge in [0.1, 0.15) is 11.5 Å². The van der Waals surface area contributed by atoms with Gasteiger partial charge in [-0.25, -0.2) is 9.67 Å². The van der Waals surface area contributed by atoms with Gasteiger partial charge in [0.05, 0.1) is 12.7 Å². The molecule has 0 atom stereocenters. The highest BCUT2D eigenvalue weighted by Crippen LogP contribution is 2.22. The summed E-state index contributed by atoms with van der Waals surface area (Å²) in [5.74, 6) is 1.14. The Morgan fingerprint density at radius 1 is 1.27 bits per heavy atom. The number of azo groups is 1. The molecule has 26 heavy (non-hydrogen) atoms. The quantitative estimate of drug-likeness (QED) is 0.491. The van der Waals surface area contributed by atoms with Gasteiger partial charge >= 0.3 is 0 Å². The molecule has 1 amide bonds. The molecule has 1 aromatic rings. The molecule has 9 heteroatoms. The number of aryl methyl sites for hydroxylation is 1. The summed E-state index contributed by atoms with van der Waals surface area (Å²) in [5.41, 5.74) is 6.69. The Labute approximate surface area is 154 Å². The predicted molar refractivity (Wildman–Crippen MR) is 102 cm³/mol. The van der Waals surface area contributed by atoms with Crippen LogP contribution in [0.15, 0.2) is 21.4 Å². The zero-order valence-electron chi connectivity index (χ0n) is 15.8. The maximum absolute atomic E-state index is 10.9. The Hall–Kier alpha value is -2.45. The summed E-state index contributed by atoms with van der Waals surface area (Å²) in [5, 5.41) is 15.6. The van der Waals surface area contributed by atoms with Gasteiger partial charge in [0.2, 0.25) is 11.9 Å². The van der Waals surface area contributed by atoms with E-state index < -0.39 is 0 Å². The molecule has 144 valence electrons. The molecule has 1 aliphatic rings. The minimum Gasteiger partial charge on any atom is -0.382 e. The van der Waals surface area contributed by atoms with Gasteiger partial charge in [-0.2, -0.15) is 5.10 Å². The van der Waals surface area contributed by atoms with Crippen molar-refractivity contribution < 1.29 is 4.79 Å². The highest BCUT2D eigenvalue weighted by molar-refractivity contribution is 5.82. The number of unbranched alkanes of at least 4 members (excludes halogenated alkanes) is 3. The first-order valence-corrected chi connectivity index (χ1v) is 9.38. The molecule has 0 unspecified atom stereocenters. The minimum absolute atomic E-state index is 0.0119. The first kappa shape index (κ1) is 19.9. The van der Waals surface area contributed by atoms with E-state index >= 15 is 0 Å². The van der Waals surface area contributed by atoms with E-state index in [0.717, 1.165) is 32.5 Å². The second-order valence-electron chi connectivity index (χ2n) is 6.40. The van der Waals surface area contributed by atoms with Crippen molar-refractivity contribution in [1.82, 2.24) is 20.0 Å². The lowest BCUT2D eigenvalue weighted by Gasteiger charge is -2.16. The van der Waals surface area contributed by atoms with Crippen LogP contribution in [0, 0.1) is 0 Å².